The van der Waals surface area contributed by atoms with Crippen molar-refractivity contribution in [1.29, 1.82) is 0 Å². The van der Waals surface area contributed by atoms with Gasteiger partial charge in [-0.2, -0.15) is 0 Å². The topological polar surface area (TPSA) is 86.7 Å². The summed E-state index contributed by atoms with van der Waals surface area (Å²) < 4.78 is 25.6. The van der Waals surface area contributed by atoms with Crippen LogP contribution in [0, 0.1) is 5.92 Å². The van der Waals surface area contributed by atoms with Gasteiger partial charge in [0.1, 0.15) is 0 Å². The number of carboxylic acid groups (broad SMARTS) is 1. The van der Waals surface area contributed by atoms with E-state index in [2.05, 4.69) is 9.62 Å². The van der Waals surface area contributed by atoms with Crippen molar-refractivity contribution in [1.82, 2.24) is 9.62 Å². The van der Waals surface area contributed by atoms with Crippen LogP contribution in [0.2, 0.25) is 0 Å². The molecule has 100 valence electrons. The molecule has 0 radical (unpaired) electrons. The first-order chi connectivity index (χ1) is 7.83. The molecule has 0 aromatic rings. The molecule has 0 aromatic heterocycles. The van der Waals surface area contributed by atoms with Crippen LogP contribution in [0.25, 0.3) is 0 Å². The molecule has 0 aliphatic carbocycles. The van der Waals surface area contributed by atoms with Gasteiger partial charge in [0.15, 0.2) is 5.25 Å². The molecule has 0 bridgehead atoms. The van der Waals surface area contributed by atoms with Crippen LogP contribution in [0.15, 0.2) is 0 Å². The van der Waals surface area contributed by atoms with Gasteiger partial charge in [-0.15, -0.1) is 0 Å². The van der Waals surface area contributed by atoms with E-state index in [1.165, 1.54) is 6.92 Å². The number of aliphatic carboxylic acids is 1. The molecule has 0 amide bonds. The molecule has 1 saturated heterocycles. The van der Waals surface area contributed by atoms with E-state index >= 15 is 0 Å². The average molecular weight is 264 g/mol. The van der Waals surface area contributed by atoms with Crippen LogP contribution < -0.4 is 4.72 Å². The summed E-state index contributed by atoms with van der Waals surface area (Å²) in [6, 6.07) is 0. The van der Waals surface area contributed by atoms with Crippen molar-refractivity contribution in [2.75, 3.05) is 26.7 Å². The van der Waals surface area contributed by atoms with Crippen molar-refractivity contribution in [3.63, 3.8) is 0 Å². The summed E-state index contributed by atoms with van der Waals surface area (Å²) in [4.78, 5) is 12.8. The Morgan fingerprint density at radius 3 is 2.47 bits per heavy atom. The molecule has 0 saturated carbocycles. The molecular formula is C10H20N2O4S. The lowest BCUT2D eigenvalue weighted by Gasteiger charge is -2.29. The van der Waals surface area contributed by atoms with Gasteiger partial charge in [0.25, 0.3) is 0 Å². The lowest BCUT2D eigenvalue weighted by atomic mass is 9.98. The van der Waals surface area contributed by atoms with Crippen LogP contribution in [0.1, 0.15) is 19.8 Å². The predicted molar refractivity (Wildman–Crippen MR) is 64.2 cm³/mol. The molecule has 1 fully saturated rings. The van der Waals surface area contributed by atoms with E-state index in [9.17, 15) is 13.2 Å². The Kier molecular flexibility index (Phi) is 4.91. The van der Waals surface area contributed by atoms with Crippen LogP contribution in [0.4, 0.5) is 0 Å². The van der Waals surface area contributed by atoms with E-state index in [0.29, 0.717) is 12.5 Å². The fourth-order valence-electron chi connectivity index (χ4n) is 1.76. The highest BCUT2D eigenvalue weighted by Gasteiger charge is 2.28. The van der Waals surface area contributed by atoms with Gasteiger partial charge >= 0.3 is 5.97 Å². The summed E-state index contributed by atoms with van der Waals surface area (Å²) in [6.45, 7) is 3.44. The lowest BCUT2D eigenvalue weighted by molar-refractivity contribution is -0.136. The third-order valence-corrected chi connectivity index (χ3v) is 4.93. The van der Waals surface area contributed by atoms with Gasteiger partial charge in [-0.3, -0.25) is 4.79 Å². The number of piperidine rings is 1. The molecule has 2 N–H and O–H groups in total. The van der Waals surface area contributed by atoms with Gasteiger partial charge in [-0.25, -0.2) is 13.1 Å². The summed E-state index contributed by atoms with van der Waals surface area (Å²) in [5, 5.41) is 7.27. The number of hydrogen-bond donors (Lipinski definition) is 2. The fraction of sp³-hybridized carbons (Fsp3) is 0.900. The molecule has 7 heteroatoms. The normalized spacial score (nSPS) is 21.3. The highest BCUT2D eigenvalue weighted by atomic mass is 32.2. The summed E-state index contributed by atoms with van der Waals surface area (Å²) in [5.74, 6) is -1.01. The Balaban J connectivity index is 2.42. The van der Waals surface area contributed by atoms with E-state index in [1.807, 2.05) is 7.05 Å². The van der Waals surface area contributed by atoms with Crippen molar-refractivity contribution < 1.29 is 18.3 Å². The van der Waals surface area contributed by atoms with Gasteiger partial charge in [0, 0.05) is 6.54 Å². The molecule has 17 heavy (non-hydrogen) atoms. The monoisotopic (exact) mass is 264 g/mol. The predicted octanol–water partition coefficient (Wildman–Crippen LogP) is -0.279. The molecule has 1 aliphatic rings. The fourth-order valence-corrected chi connectivity index (χ4v) is 2.74. The van der Waals surface area contributed by atoms with Crippen LogP contribution in [0.5, 0.6) is 0 Å². The Morgan fingerprint density at radius 1 is 1.47 bits per heavy atom. The van der Waals surface area contributed by atoms with Crippen molar-refractivity contribution in [3.8, 4) is 0 Å². The molecular weight excluding hydrogens is 244 g/mol. The van der Waals surface area contributed by atoms with Crippen molar-refractivity contribution in [2.45, 2.75) is 25.0 Å². The molecule has 1 heterocycles. The molecule has 6 nitrogen and oxygen atoms in total. The lowest BCUT2D eigenvalue weighted by Crippen LogP contribution is -2.41. The smallest absolute Gasteiger partial charge is 0.323 e. The minimum atomic E-state index is -3.74. The molecule has 1 unspecified atom stereocenters. The zero-order valence-corrected chi connectivity index (χ0v) is 11.0. The van der Waals surface area contributed by atoms with Crippen molar-refractivity contribution >= 4 is 16.0 Å². The molecule has 0 aromatic carbocycles. The van der Waals surface area contributed by atoms with E-state index in [4.69, 9.17) is 5.11 Å². The number of carboxylic acids is 1. The van der Waals surface area contributed by atoms with Crippen LogP contribution in [-0.2, 0) is 14.8 Å². The number of rotatable bonds is 5. The second-order valence-electron chi connectivity index (χ2n) is 4.62. The Bertz CT molecular complexity index is 361. The number of carbonyl (C=O) groups is 1. The molecule has 1 rings (SSSR count). The molecule has 1 atom stereocenters. The summed E-state index contributed by atoms with van der Waals surface area (Å²) in [5.41, 5.74) is 0. The number of likely N-dealkylation sites (tertiary alicyclic amines) is 1. The number of nitrogens with one attached hydrogen (secondary N) is 1. The van der Waals surface area contributed by atoms with Gasteiger partial charge in [-0.05, 0) is 45.8 Å². The quantitative estimate of drug-likeness (QED) is 0.713. The largest absolute Gasteiger partial charge is 0.480 e. The van der Waals surface area contributed by atoms with E-state index in [1.54, 1.807) is 0 Å². The average Bonchev–Trinajstić information content (AvgIpc) is 2.27. The maximum Gasteiger partial charge on any atom is 0.323 e. The van der Waals surface area contributed by atoms with Gasteiger partial charge in [0.05, 0.1) is 0 Å². The second-order valence-corrected chi connectivity index (χ2v) is 6.71. The standard InChI is InChI=1S/C10H20N2O4S/c1-8(10(13)14)17(15,16)11-7-9-3-5-12(2)6-4-9/h8-9,11H,3-7H2,1-2H3,(H,13,14). The minimum Gasteiger partial charge on any atom is -0.480 e. The van der Waals surface area contributed by atoms with Crippen LogP contribution in [0.3, 0.4) is 0 Å². The maximum absolute atomic E-state index is 11.6. The van der Waals surface area contributed by atoms with Gasteiger partial charge in [-0.1, -0.05) is 0 Å². The van der Waals surface area contributed by atoms with Crippen LogP contribution >= 0.6 is 0 Å². The molecule has 0 spiro atoms. The highest BCUT2D eigenvalue weighted by molar-refractivity contribution is 7.90. The highest BCUT2D eigenvalue weighted by Crippen LogP contribution is 2.15. The van der Waals surface area contributed by atoms with Crippen molar-refractivity contribution in [3.05, 3.63) is 0 Å². The summed E-state index contributed by atoms with van der Waals surface area (Å²) >= 11 is 0. The first-order valence-electron chi connectivity index (χ1n) is 5.72. The Hall–Kier alpha value is -0.660. The second kappa shape index (κ2) is 5.79. The minimum absolute atomic E-state index is 0.307. The summed E-state index contributed by atoms with van der Waals surface area (Å²) in [7, 11) is -1.70. The zero-order chi connectivity index (χ0) is 13.1. The van der Waals surface area contributed by atoms with Crippen LogP contribution in [-0.4, -0.2) is 56.3 Å². The first kappa shape index (κ1) is 14.4. The molecule has 1 aliphatic heterocycles. The van der Waals surface area contributed by atoms with Gasteiger partial charge < -0.3 is 10.0 Å². The van der Waals surface area contributed by atoms with E-state index in [0.717, 1.165) is 25.9 Å². The van der Waals surface area contributed by atoms with E-state index in [-0.39, 0.29) is 0 Å². The SMILES string of the molecule is CC(C(=O)O)S(=O)(=O)NCC1CCN(C)CC1. The Morgan fingerprint density at radius 2 is 2.00 bits per heavy atom. The first-order valence-corrected chi connectivity index (χ1v) is 7.27. The third-order valence-electron chi connectivity index (χ3n) is 3.22. The maximum atomic E-state index is 11.6. The van der Waals surface area contributed by atoms with Gasteiger partial charge in [0.2, 0.25) is 10.0 Å². The van der Waals surface area contributed by atoms with Crippen molar-refractivity contribution in [2.24, 2.45) is 5.92 Å². The van der Waals surface area contributed by atoms with E-state index < -0.39 is 21.2 Å². The number of sulfonamides is 1. The summed E-state index contributed by atoms with van der Waals surface area (Å²) in [6.07, 6.45) is 1.89. The Labute approximate surface area is 102 Å². The third kappa shape index (κ3) is 4.25. The zero-order valence-electron chi connectivity index (χ0n) is 10.2. The number of nitrogens with zero attached hydrogens (tertiary/aromatic N) is 1. The number of hydrogen-bond acceptors (Lipinski definition) is 4.